The first-order valence-corrected chi connectivity index (χ1v) is 8.55. The minimum absolute atomic E-state index is 0.101. The van der Waals surface area contributed by atoms with Crippen LogP contribution in [-0.4, -0.2) is 42.0 Å². The van der Waals surface area contributed by atoms with E-state index in [2.05, 4.69) is 16.3 Å². The zero-order chi connectivity index (χ0) is 17.6. The van der Waals surface area contributed by atoms with Gasteiger partial charge in [0, 0.05) is 43.4 Å². The molecule has 1 aliphatic heterocycles. The number of benzene rings is 2. The van der Waals surface area contributed by atoms with E-state index in [1.54, 1.807) is 24.3 Å². The summed E-state index contributed by atoms with van der Waals surface area (Å²) in [5.74, 6) is 0. The Kier molecular flexibility index (Phi) is 5.54. The molecule has 2 amide bonds. The summed E-state index contributed by atoms with van der Waals surface area (Å²) in [6, 6.07) is 16.7. The Morgan fingerprint density at radius 3 is 2.28 bits per heavy atom. The van der Waals surface area contributed by atoms with Crippen molar-refractivity contribution >= 4 is 23.3 Å². The number of hydrogen-bond donors (Lipinski definition) is 1. The van der Waals surface area contributed by atoms with Crippen LogP contribution in [-0.2, 0) is 6.54 Å². The molecule has 1 fully saturated rings. The summed E-state index contributed by atoms with van der Waals surface area (Å²) in [7, 11) is 0. The second-order valence-corrected chi connectivity index (χ2v) is 6.45. The highest BCUT2D eigenvalue weighted by Crippen LogP contribution is 2.14. The van der Waals surface area contributed by atoms with E-state index in [-0.39, 0.29) is 6.03 Å². The molecule has 25 heavy (non-hydrogen) atoms. The number of amides is 2. The minimum atomic E-state index is -0.101. The standard InChI is InChI=1S/C19H19ClN4O/c20-17-5-1-16(2-6-17)14-23-9-11-24(12-10-23)19(25)22-18-7-3-15(13-21)4-8-18/h1-8H,9-12,14H2,(H,22,25). The number of anilines is 1. The van der Waals surface area contributed by atoms with Gasteiger partial charge in [0.15, 0.2) is 0 Å². The maximum absolute atomic E-state index is 12.3. The monoisotopic (exact) mass is 354 g/mol. The van der Waals surface area contributed by atoms with Crippen molar-refractivity contribution < 1.29 is 4.79 Å². The lowest BCUT2D eigenvalue weighted by molar-refractivity contribution is 0.143. The van der Waals surface area contributed by atoms with E-state index in [0.717, 1.165) is 24.7 Å². The van der Waals surface area contributed by atoms with E-state index in [1.807, 2.05) is 29.2 Å². The van der Waals surface area contributed by atoms with Crippen molar-refractivity contribution in [1.82, 2.24) is 9.80 Å². The predicted molar refractivity (Wildman–Crippen MR) is 98.5 cm³/mol. The van der Waals surface area contributed by atoms with E-state index >= 15 is 0 Å². The summed E-state index contributed by atoms with van der Waals surface area (Å²) >= 11 is 5.91. The molecule has 2 aromatic carbocycles. The molecule has 3 rings (SSSR count). The Hall–Kier alpha value is -2.55. The number of urea groups is 1. The van der Waals surface area contributed by atoms with Gasteiger partial charge in [-0.15, -0.1) is 0 Å². The van der Waals surface area contributed by atoms with Crippen LogP contribution < -0.4 is 5.32 Å². The van der Waals surface area contributed by atoms with Crippen molar-refractivity contribution in [3.63, 3.8) is 0 Å². The fourth-order valence-electron chi connectivity index (χ4n) is 2.79. The first-order chi connectivity index (χ1) is 12.1. The third kappa shape index (κ3) is 4.72. The number of halogens is 1. The normalized spacial score (nSPS) is 14.8. The van der Waals surface area contributed by atoms with Crippen molar-refractivity contribution in [2.75, 3.05) is 31.5 Å². The van der Waals surface area contributed by atoms with Crippen LogP contribution in [0.5, 0.6) is 0 Å². The molecule has 1 aliphatic rings. The Balaban J connectivity index is 1.48. The van der Waals surface area contributed by atoms with Crippen molar-refractivity contribution in [1.29, 1.82) is 5.26 Å². The van der Waals surface area contributed by atoms with Crippen LogP contribution in [0, 0.1) is 11.3 Å². The number of nitrogens with zero attached hydrogens (tertiary/aromatic N) is 3. The molecule has 0 aliphatic carbocycles. The summed E-state index contributed by atoms with van der Waals surface area (Å²) in [6.45, 7) is 3.92. The summed E-state index contributed by atoms with van der Waals surface area (Å²) in [5.41, 5.74) is 2.50. The molecule has 1 saturated heterocycles. The van der Waals surface area contributed by atoms with Crippen molar-refractivity contribution in [3.05, 3.63) is 64.7 Å². The molecule has 0 unspecified atom stereocenters. The van der Waals surface area contributed by atoms with Gasteiger partial charge in [-0.2, -0.15) is 5.26 Å². The molecular weight excluding hydrogens is 336 g/mol. The molecule has 1 N–H and O–H groups in total. The molecule has 0 aromatic heterocycles. The molecule has 2 aromatic rings. The number of carbonyl (C=O) groups excluding carboxylic acids is 1. The Labute approximate surface area is 152 Å². The van der Waals surface area contributed by atoms with Crippen molar-refractivity contribution in [2.24, 2.45) is 0 Å². The SMILES string of the molecule is N#Cc1ccc(NC(=O)N2CCN(Cc3ccc(Cl)cc3)CC2)cc1. The van der Waals surface area contributed by atoms with Crippen LogP contribution in [0.25, 0.3) is 0 Å². The predicted octanol–water partition coefficient (Wildman–Crippen LogP) is 3.56. The highest BCUT2D eigenvalue weighted by atomic mass is 35.5. The van der Waals surface area contributed by atoms with Crippen molar-refractivity contribution in [3.8, 4) is 6.07 Å². The summed E-state index contributed by atoms with van der Waals surface area (Å²) in [4.78, 5) is 16.5. The van der Waals surface area contributed by atoms with E-state index < -0.39 is 0 Å². The third-order valence-electron chi connectivity index (χ3n) is 4.24. The molecule has 0 radical (unpaired) electrons. The largest absolute Gasteiger partial charge is 0.322 e. The lowest BCUT2D eigenvalue weighted by atomic mass is 10.2. The van der Waals surface area contributed by atoms with Crippen LogP contribution in [0.1, 0.15) is 11.1 Å². The number of piperazine rings is 1. The highest BCUT2D eigenvalue weighted by molar-refractivity contribution is 6.30. The average Bonchev–Trinajstić information content (AvgIpc) is 2.65. The third-order valence-corrected chi connectivity index (χ3v) is 4.50. The highest BCUT2D eigenvalue weighted by Gasteiger charge is 2.21. The fourth-order valence-corrected chi connectivity index (χ4v) is 2.91. The lowest BCUT2D eigenvalue weighted by Gasteiger charge is -2.34. The van der Waals surface area contributed by atoms with Gasteiger partial charge in [0.2, 0.25) is 0 Å². The van der Waals surface area contributed by atoms with E-state index in [4.69, 9.17) is 16.9 Å². The fraction of sp³-hybridized carbons (Fsp3) is 0.263. The van der Waals surface area contributed by atoms with Gasteiger partial charge in [0.25, 0.3) is 0 Å². The number of hydrogen-bond acceptors (Lipinski definition) is 3. The van der Waals surface area contributed by atoms with Gasteiger partial charge in [-0.25, -0.2) is 4.79 Å². The van der Waals surface area contributed by atoms with Gasteiger partial charge in [-0.3, -0.25) is 4.90 Å². The van der Waals surface area contributed by atoms with Gasteiger partial charge < -0.3 is 10.2 Å². The first-order valence-electron chi connectivity index (χ1n) is 8.17. The Morgan fingerprint density at radius 2 is 1.68 bits per heavy atom. The summed E-state index contributed by atoms with van der Waals surface area (Å²) < 4.78 is 0. The topological polar surface area (TPSA) is 59.4 Å². The van der Waals surface area contributed by atoms with Crippen molar-refractivity contribution in [2.45, 2.75) is 6.54 Å². The van der Waals surface area contributed by atoms with Crippen LogP contribution in [0.15, 0.2) is 48.5 Å². The van der Waals surface area contributed by atoms with E-state index in [1.165, 1.54) is 5.56 Å². The van der Waals surface area contributed by atoms with E-state index in [9.17, 15) is 4.79 Å². The molecule has 0 bridgehead atoms. The Morgan fingerprint density at radius 1 is 1.04 bits per heavy atom. The molecule has 1 heterocycles. The lowest BCUT2D eigenvalue weighted by Crippen LogP contribution is -2.49. The molecule has 0 atom stereocenters. The molecule has 0 spiro atoms. The average molecular weight is 355 g/mol. The van der Waals surface area contributed by atoms with Gasteiger partial charge in [-0.05, 0) is 42.0 Å². The molecule has 6 heteroatoms. The van der Waals surface area contributed by atoms with Crippen LogP contribution in [0.2, 0.25) is 5.02 Å². The minimum Gasteiger partial charge on any atom is -0.322 e. The van der Waals surface area contributed by atoms with Gasteiger partial charge in [0.1, 0.15) is 0 Å². The maximum Gasteiger partial charge on any atom is 0.321 e. The number of carbonyl (C=O) groups is 1. The number of nitrogens with one attached hydrogen (secondary N) is 1. The molecule has 128 valence electrons. The zero-order valence-electron chi connectivity index (χ0n) is 13.8. The number of nitriles is 1. The molecule has 0 saturated carbocycles. The maximum atomic E-state index is 12.3. The molecule has 5 nitrogen and oxygen atoms in total. The quantitative estimate of drug-likeness (QED) is 0.916. The van der Waals surface area contributed by atoms with Gasteiger partial charge in [-0.1, -0.05) is 23.7 Å². The Bertz CT molecular complexity index is 760. The first kappa shape index (κ1) is 17.3. The zero-order valence-corrected chi connectivity index (χ0v) is 14.5. The van der Waals surface area contributed by atoms with Crippen LogP contribution in [0.3, 0.4) is 0 Å². The van der Waals surface area contributed by atoms with E-state index in [0.29, 0.717) is 24.3 Å². The van der Waals surface area contributed by atoms with Gasteiger partial charge >= 0.3 is 6.03 Å². The summed E-state index contributed by atoms with van der Waals surface area (Å²) in [5, 5.41) is 12.4. The number of rotatable bonds is 3. The van der Waals surface area contributed by atoms with Crippen LogP contribution in [0.4, 0.5) is 10.5 Å². The van der Waals surface area contributed by atoms with Crippen LogP contribution >= 0.6 is 11.6 Å². The smallest absolute Gasteiger partial charge is 0.321 e. The second-order valence-electron chi connectivity index (χ2n) is 6.01. The summed E-state index contributed by atoms with van der Waals surface area (Å²) in [6.07, 6.45) is 0. The second kappa shape index (κ2) is 8.02. The van der Waals surface area contributed by atoms with Gasteiger partial charge in [0.05, 0.1) is 11.6 Å². The molecular formula is C19H19ClN4O.